The molecule has 1 N–H and O–H groups in total. The summed E-state index contributed by atoms with van der Waals surface area (Å²) in [5, 5.41) is 3.68. The number of nitrogens with one attached hydrogen (secondary N) is 1. The van der Waals surface area contributed by atoms with Gasteiger partial charge in [-0.2, -0.15) is 0 Å². The Morgan fingerprint density at radius 2 is 1.81 bits per heavy atom. The Morgan fingerprint density at radius 1 is 1.05 bits per heavy atom. The van der Waals surface area contributed by atoms with E-state index in [1.54, 1.807) is 0 Å². The zero-order chi connectivity index (χ0) is 15.1. The van der Waals surface area contributed by atoms with E-state index in [4.69, 9.17) is 9.47 Å². The first-order valence-corrected chi connectivity index (χ1v) is 8.36. The van der Waals surface area contributed by atoms with Crippen LogP contribution in [0.3, 0.4) is 0 Å². The average molecular weight is 291 g/mol. The Balaban J connectivity index is 1.74. The molecule has 118 valence electrons. The van der Waals surface area contributed by atoms with Crippen LogP contribution in [-0.2, 0) is 0 Å². The maximum Gasteiger partial charge on any atom is 0.231 e. The van der Waals surface area contributed by atoms with Gasteiger partial charge in [0.2, 0.25) is 6.79 Å². The summed E-state index contributed by atoms with van der Waals surface area (Å²) in [5.41, 5.74) is 1.26. The molecular weight excluding hydrogens is 262 g/mol. The first-order valence-electron chi connectivity index (χ1n) is 8.36. The van der Waals surface area contributed by atoms with Gasteiger partial charge in [-0.3, -0.25) is 0 Å². The second-order valence-corrected chi connectivity index (χ2v) is 6.10. The van der Waals surface area contributed by atoms with Crippen LogP contribution in [0.25, 0.3) is 0 Å². The number of hydrogen-bond donors (Lipinski definition) is 1. The molecule has 3 heteroatoms. The summed E-state index contributed by atoms with van der Waals surface area (Å²) in [6.07, 6.45) is 7.99. The van der Waals surface area contributed by atoms with E-state index in [9.17, 15) is 0 Å². The molecule has 0 saturated heterocycles. The van der Waals surface area contributed by atoms with Crippen LogP contribution < -0.4 is 14.8 Å². The maximum absolute atomic E-state index is 5.45. The van der Waals surface area contributed by atoms with Crippen molar-refractivity contribution in [2.75, 3.05) is 6.79 Å². The van der Waals surface area contributed by atoms with Crippen molar-refractivity contribution in [3.8, 4) is 11.5 Å². The summed E-state index contributed by atoms with van der Waals surface area (Å²) in [5.74, 6) is 1.73. The van der Waals surface area contributed by atoms with E-state index >= 15 is 0 Å². The van der Waals surface area contributed by atoms with Gasteiger partial charge in [0.15, 0.2) is 11.5 Å². The molecule has 3 nitrogen and oxygen atoms in total. The predicted molar refractivity (Wildman–Crippen MR) is 87.0 cm³/mol. The van der Waals surface area contributed by atoms with Crippen molar-refractivity contribution in [3.63, 3.8) is 0 Å². The van der Waals surface area contributed by atoms with Crippen molar-refractivity contribution in [1.82, 2.24) is 5.32 Å². The SMILES string of the molecule is CCCCCCCC(C)NC(C)c1ccc2c(c1)OCO2. The molecule has 0 saturated carbocycles. The fraction of sp³-hybridized carbons (Fsp3) is 0.667. The Kier molecular flexibility index (Phi) is 6.37. The molecule has 1 aliphatic rings. The van der Waals surface area contributed by atoms with E-state index in [1.165, 1.54) is 44.1 Å². The lowest BCUT2D eigenvalue weighted by atomic mass is 10.0. The Bertz CT molecular complexity index is 433. The van der Waals surface area contributed by atoms with Crippen LogP contribution in [0.2, 0.25) is 0 Å². The summed E-state index contributed by atoms with van der Waals surface area (Å²) in [6, 6.07) is 7.11. The summed E-state index contributed by atoms with van der Waals surface area (Å²) in [7, 11) is 0. The van der Waals surface area contributed by atoms with Crippen LogP contribution >= 0.6 is 0 Å². The van der Waals surface area contributed by atoms with E-state index in [1.807, 2.05) is 6.07 Å². The zero-order valence-corrected chi connectivity index (χ0v) is 13.7. The highest BCUT2D eigenvalue weighted by Gasteiger charge is 2.16. The summed E-state index contributed by atoms with van der Waals surface area (Å²) in [4.78, 5) is 0. The lowest BCUT2D eigenvalue weighted by molar-refractivity contribution is 0.174. The highest BCUT2D eigenvalue weighted by atomic mass is 16.7. The topological polar surface area (TPSA) is 30.5 Å². The number of ether oxygens (including phenoxy) is 2. The van der Waals surface area contributed by atoms with Crippen LogP contribution in [0, 0.1) is 0 Å². The van der Waals surface area contributed by atoms with Gasteiger partial charge < -0.3 is 14.8 Å². The molecule has 2 unspecified atom stereocenters. The van der Waals surface area contributed by atoms with Crippen LogP contribution in [0.1, 0.15) is 70.9 Å². The maximum atomic E-state index is 5.45. The summed E-state index contributed by atoms with van der Waals surface area (Å²) in [6.45, 7) is 7.10. The average Bonchev–Trinajstić information content (AvgIpc) is 2.94. The van der Waals surface area contributed by atoms with Crippen molar-refractivity contribution in [2.45, 2.75) is 71.4 Å². The van der Waals surface area contributed by atoms with Gasteiger partial charge in [0.1, 0.15) is 0 Å². The number of rotatable bonds is 9. The van der Waals surface area contributed by atoms with Crippen molar-refractivity contribution < 1.29 is 9.47 Å². The third kappa shape index (κ3) is 4.92. The Labute approximate surface area is 129 Å². The van der Waals surface area contributed by atoms with Gasteiger partial charge in [-0.25, -0.2) is 0 Å². The molecule has 0 fully saturated rings. The van der Waals surface area contributed by atoms with Crippen LogP contribution in [-0.4, -0.2) is 12.8 Å². The van der Waals surface area contributed by atoms with Crippen LogP contribution in [0.15, 0.2) is 18.2 Å². The molecular formula is C18H29NO2. The highest BCUT2D eigenvalue weighted by Crippen LogP contribution is 2.34. The minimum absolute atomic E-state index is 0.338. The Morgan fingerprint density at radius 3 is 2.62 bits per heavy atom. The standard InChI is InChI=1S/C18H29NO2/c1-4-5-6-7-8-9-14(2)19-15(3)16-10-11-17-18(12-16)21-13-20-17/h10-12,14-15,19H,4-9,13H2,1-3H3. The molecule has 0 spiro atoms. The second-order valence-electron chi connectivity index (χ2n) is 6.10. The van der Waals surface area contributed by atoms with E-state index in [-0.39, 0.29) is 0 Å². The molecule has 1 aromatic rings. The van der Waals surface area contributed by atoms with Gasteiger partial charge in [-0.1, -0.05) is 45.1 Å². The largest absolute Gasteiger partial charge is 0.454 e. The molecule has 1 aromatic carbocycles. The van der Waals surface area contributed by atoms with Gasteiger partial charge >= 0.3 is 0 Å². The molecule has 0 bridgehead atoms. The minimum Gasteiger partial charge on any atom is -0.454 e. The van der Waals surface area contributed by atoms with Gasteiger partial charge in [0.25, 0.3) is 0 Å². The lowest BCUT2D eigenvalue weighted by Crippen LogP contribution is -2.28. The predicted octanol–water partition coefficient (Wildman–Crippen LogP) is 4.81. The third-order valence-electron chi connectivity index (χ3n) is 4.17. The molecule has 0 radical (unpaired) electrons. The summed E-state index contributed by atoms with van der Waals surface area (Å²) < 4.78 is 10.8. The van der Waals surface area contributed by atoms with E-state index in [0.29, 0.717) is 18.9 Å². The molecule has 0 aliphatic carbocycles. The van der Waals surface area contributed by atoms with Crippen molar-refractivity contribution in [1.29, 1.82) is 0 Å². The molecule has 2 rings (SSSR count). The normalized spacial score (nSPS) is 16.0. The fourth-order valence-electron chi connectivity index (χ4n) is 2.84. The third-order valence-corrected chi connectivity index (χ3v) is 4.17. The number of hydrogen-bond acceptors (Lipinski definition) is 3. The first kappa shape index (κ1) is 16.2. The van der Waals surface area contributed by atoms with Gasteiger partial charge in [0.05, 0.1) is 0 Å². The van der Waals surface area contributed by atoms with E-state index in [2.05, 4.69) is 38.2 Å². The number of unbranched alkanes of at least 4 members (excludes halogenated alkanes) is 4. The highest BCUT2D eigenvalue weighted by molar-refractivity contribution is 5.45. The van der Waals surface area contributed by atoms with Crippen LogP contribution in [0.5, 0.6) is 11.5 Å². The van der Waals surface area contributed by atoms with Crippen molar-refractivity contribution in [3.05, 3.63) is 23.8 Å². The van der Waals surface area contributed by atoms with Gasteiger partial charge in [0, 0.05) is 12.1 Å². The molecule has 1 heterocycles. The minimum atomic E-state index is 0.338. The van der Waals surface area contributed by atoms with Gasteiger partial charge in [-0.05, 0) is 38.0 Å². The Hall–Kier alpha value is -1.22. The van der Waals surface area contributed by atoms with E-state index in [0.717, 1.165) is 11.5 Å². The second kappa shape index (κ2) is 8.28. The molecule has 2 atom stereocenters. The smallest absolute Gasteiger partial charge is 0.231 e. The fourth-order valence-corrected chi connectivity index (χ4v) is 2.84. The molecule has 0 amide bonds. The quantitative estimate of drug-likeness (QED) is 0.662. The number of benzene rings is 1. The zero-order valence-electron chi connectivity index (χ0n) is 13.7. The monoisotopic (exact) mass is 291 g/mol. The summed E-state index contributed by atoms with van der Waals surface area (Å²) >= 11 is 0. The molecule has 21 heavy (non-hydrogen) atoms. The van der Waals surface area contributed by atoms with Crippen molar-refractivity contribution >= 4 is 0 Å². The first-order chi connectivity index (χ1) is 10.2. The van der Waals surface area contributed by atoms with E-state index < -0.39 is 0 Å². The number of fused-ring (bicyclic) bond motifs is 1. The van der Waals surface area contributed by atoms with Gasteiger partial charge in [-0.15, -0.1) is 0 Å². The molecule has 0 aromatic heterocycles. The molecule has 1 aliphatic heterocycles. The lowest BCUT2D eigenvalue weighted by Gasteiger charge is -2.20. The van der Waals surface area contributed by atoms with Crippen molar-refractivity contribution in [2.24, 2.45) is 0 Å². The van der Waals surface area contributed by atoms with Crippen LogP contribution in [0.4, 0.5) is 0 Å².